The molecule has 2 heterocycles. The van der Waals surface area contributed by atoms with Gasteiger partial charge in [0, 0.05) is 29.8 Å². The molecule has 2 aromatic heterocycles. The molecular formula is C23H23BrN4O3. The van der Waals surface area contributed by atoms with E-state index >= 15 is 0 Å². The van der Waals surface area contributed by atoms with E-state index in [0.717, 1.165) is 38.5 Å². The van der Waals surface area contributed by atoms with Crippen LogP contribution in [0, 0.1) is 13.8 Å². The topological polar surface area (TPSA) is 75.2 Å². The minimum absolute atomic E-state index is 0.346. The molecule has 0 aliphatic rings. The minimum Gasteiger partial charge on any atom is -0.496 e. The van der Waals surface area contributed by atoms with Gasteiger partial charge in [-0.05, 0) is 66.2 Å². The van der Waals surface area contributed by atoms with Gasteiger partial charge in [0.05, 0.1) is 17.3 Å². The second kappa shape index (κ2) is 9.34. The number of aromatic nitrogens is 4. The molecule has 0 N–H and O–H groups in total. The molecule has 8 heteroatoms. The van der Waals surface area contributed by atoms with Gasteiger partial charge in [0.15, 0.2) is 0 Å². The van der Waals surface area contributed by atoms with Gasteiger partial charge in [-0.2, -0.15) is 5.10 Å². The summed E-state index contributed by atoms with van der Waals surface area (Å²) in [7, 11) is 1.64. The lowest BCUT2D eigenvalue weighted by Gasteiger charge is -2.12. The number of benzene rings is 2. The zero-order valence-electron chi connectivity index (χ0n) is 17.6. The van der Waals surface area contributed by atoms with Crippen molar-refractivity contribution in [3.8, 4) is 23.0 Å². The van der Waals surface area contributed by atoms with Crippen molar-refractivity contribution in [3.05, 3.63) is 75.8 Å². The molecule has 160 valence electrons. The maximum atomic E-state index is 5.96. The van der Waals surface area contributed by atoms with E-state index in [1.54, 1.807) is 7.11 Å². The third-order valence-electron chi connectivity index (χ3n) is 4.85. The summed E-state index contributed by atoms with van der Waals surface area (Å²) in [5, 5.41) is 12.9. The molecular weight excluding hydrogens is 460 g/mol. The Bertz CT molecular complexity index is 1190. The zero-order chi connectivity index (χ0) is 21.8. The quantitative estimate of drug-likeness (QED) is 0.346. The predicted molar refractivity (Wildman–Crippen MR) is 120 cm³/mol. The lowest BCUT2D eigenvalue weighted by Crippen LogP contribution is -2.05. The lowest BCUT2D eigenvalue weighted by atomic mass is 10.1. The van der Waals surface area contributed by atoms with Crippen LogP contribution < -0.4 is 9.47 Å². The van der Waals surface area contributed by atoms with E-state index in [4.69, 9.17) is 13.9 Å². The number of rotatable bonds is 8. The number of hydrogen-bond donors (Lipinski definition) is 0. The van der Waals surface area contributed by atoms with Crippen molar-refractivity contribution in [2.45, 2.75) is 33.4 Å². The molecule has 7 nitrogen and oxygen atoms in total. The first-order valence-corrected chi connectivity index (χ1v) is 10.7. The van der Waals surface area contributed by atoms with Crippen molar-refractivity contribution in [1.82, 2.24) is 20.0 Å². The SMILES string of the molecule is COc1ccc(-c2nnc(CCn3nc(C)cc3C)o2)cc1COc1ccccc1Br. The predicted octanol–water partition coefficient (Wildman–Crippen LogP) is 5.14. The summed E-state index contributed by atoms with van der Waals surface area (Å²) in [6, 6.07) is 15.5. The van der Waals surface area contributed by atoms with Crippen LogP contribution in [0.1, 0.15) is 22.8 Å². The number of aryl methyl sites for hydroxylation is 4. The minimum atomic E-state index is 0.346. The number of halogens is 1. The van der Waals surface area contributed by atoms with Gasteiger partial charge in [-0.1, -0.05) is 12.1 Å². The fourth-order valence-corrected chi connectivity index (χ4v) is 3.72. The Balaban J connectivity index is 1.48. The second-order valence-corrected chi connectivity index (χ2v) is 8.00. The van der Waals surface area contributed by atoms with Crippen LogP contribution >= 0.6 is 15.9 Å². The Labute approximate surface area is 189 Å². The number of nitrogens with zero attached hydrogens (tertiary/aromatic N) is 4. The van der Waals surface area contributed by atoms with Gasteiger partial charge in [0.2, 0.25) is 11.8 Å². The van der Waals surface area contributed by atoms with Gasteiger partial charge in [0.25, 0.3) is 0 Å². The number of methoxy groups -OCH3 is 1. The third kappa shape index (κ3) is 4.96. The molecule has 31 heavy (non-hydrogen) atoms. The van der Waals surface area contributed by atoms with E-state index in [-0.39, 0.29) is 0 Å². The largest absolute Gasteiger partial charge is 0.496 e. The molecule has 4 rings (SSSR count). The van der Waals surface area contributed by atoms with Crippen LogP contribution in [0.2, 0.25) is 0 Å². The Hall–Kier alpha value is -3.13. The lowest BCUT2D eigenvalue weighted by molar-refractivity contribution is 0.295. The summed E-state index contributed by atoms with van der Waals surface area (Å²) in [6.07, 6.45) is 0.614. The summed E-state index contributed by atoms with van der Waals surface area (Å²) < 4.78 is 20.2. The maximum Gasteiger partial charge on any atom is 0.247 e. The van der Waals surface area contributed by atoms with E-state index in [2.05, 4.69) is 31.2 Å². The van der Waals surface area contributed by atoms with Gasteiger partial charge in [-0.25, -0.2) is 0 Å². The van der Waals surface area contributed by atoms with E-state index in [1.165, 1.54) is 0 Å². The summed E-state index contributed by atoms with van der Waals surface area (Å²) >= 11 is 3.50. The Morgan fingerprint density at radius 1 is 1.03 bits per heavy atom. The average molecular weight is 483 g/mol. The molecule has 0 unspecified atom stereocenters. The fourth-order valence-electron chi connectivity index (χ4n) is 3.32. The molecule has 0 spiro atoms. The average Bonchev–Trinajstić information content (AvgIpc) is 3.37. The summed E-state index contributed by atoms with van der Waals surface area (Å²) in [5.41, 5.74) is 3.82. The fraction of sp³-hybridized carbons (Fsp3) is 0.261. The highest BCUT2D eigenvalue weighted by Gasteiger charge is 2.13. The van der Waals surface area contributed by atoms with E-state index in [0.29, 0.717) is 31.4 Å². The molecule has 0 aliphatic carbocycles. The smallest absolute Gasteiger partial charge is 0.247 e. The van der Waals surface area contributed by atoms with E-state index in [1.807, 2.05) is 67.1 Å². The Morgan fingerprint density at radius 3 is 2.61 bits per heavy atom. The van der Waals surface area contributed by atoms with Crippen LogP contribution in [-0.2, 0) is 19.6 Å². The summed E-state index contributed by atoms with van der Waals surface area (Å²) in [4.78, 5) is 0. The summed E-state index contributed by atoms with van der Waals surface area (Å²) in [6.45, 7) is 5.05. The highest BCUT2D eigenvalue weighted by molar-refractivity contribution is 9.10. The molecule has 0 atom stereocenters. The normalized spacial score (nSPS) is 11.0. The van der Waals surface area contributed by atoms with Crippen molar-refractivity contribution in [3.63, 3.8) is 0 Å². The molecule has 4 aromatic rings. The maximum absolute atomic E-state index is 5.96. The van der Waals surface area contributed by atoms with Gasteiger partial charge in [-0.15, -0.1) is 10.2 Å². The van der Waals surface area contributed by atoms with Crippen LogP contribution in [0.5, 0.6) is 11.5 Å². The van der Waals surface area contributed by atoms with Crippen LogP contribution in [0.3, 0.4) is 0 Å². The molecule has 0 fully saturated rings. The highest BCUT2D eigenvalue weighted by Crippen LogP contribution is 2.29. The van der Waals surface area contributed by atoms with E-state index in [9.17, 15) is 0 Å². The zero-order valence-corrected chi connectivity index (χ0v) is 19.2. The summed E-state index contributed by atoms with van der Waals surface area (Å²) in [5.74, 6) is 2.54. The van der Waals surface area contributed by atoms with Crippen molar-refractivity contribution in [2.75, 3.05) is 7.11 Å². The number of ether oxygens (including phenoxy) is 2. The van der Waals surface area contributed by atoms with E-state index < -0.39 is 0 Å². The van der Waals surface area contributed by atoms with Crippen LogP contribution in [0.15, 0.2) is 57.4 Å². The molecule has 0 saturated heterocycles. The van der Waals surface area contributed by atoms with Crippen molar-refractivity contribution in [2.24, 2.45) is 0 Å². The Morgan fingerprint density at radius 2 is 1.87 bits per heavy atom. The molecule has 0 aliphatic heterocycles. The van der Waals surface area contributed by atoms with Crippen molar-refractivity contribution >= 4 is 15.9 Å². The monoisotopic (exact) mass is 482 g/mol. The standard InChI is InChI=1S/C23H23BrN4O3/c1-15-12-16(2)28(27-15)11-10-22-25-26-23(31-22)17-8-9-20(29-3)18(13-17)14-30-21-7-5-4-6-19(21)24/h4-9,12-13H,10-11,14H2,1-3H3. The number of hydrogen-bond acceptors (Lipinski definition) is 6. The van der Waals surface area contributed by atoms with Crippen LogP contribution in [-0.4, -0.2) is 27.1 Å². The first-order chi connectivity index (χ1) is 15.0. The van der Waals surface area contributed by atoms with Crippen LogP contribution in [0.25, 0.3) is 11.5 Å². The third-order valence-corrected chi connectivity index (χ3v) is 5.51. The van der Waals surface area contributed by atoms with Gasteiger partial charge in [0.1, 0.15) is 18.1 Å². The Kier molecular flexibility index (Phi) is 6.36. The van der Waals surface area contributed by atoms with Crippen molar-refractivity contribution < 1.29 is 13.9 Å². The van der Waals surface area contributed by atoms with Crippen LogP contribution in [0.4, 0.5) is 0 Å². The molecule has 0 amide bonds. The molecule has 0 bridgehead atoms. The number of para-hydroxylation sites is 1. The first-order valence-electron chi connectivity index (χ1n) is 9.91. The molecule has 0 radical (unpaired) electrons. The van der Waals surface area contributed by atoms with Crippen molar-refractivity contribution in [1.29, 1.82) is 0 Å². The van der Waals surface area contributed by atoms with Gasteiger partial charge >= 0.3 is 0 Å². The second-order valence-electron chi connectivity index (χ2n) is 7.15. The molecule has 2 aromatic carbocycles. The van der Waals surface area contributed by atoms with Gasteiger partial charge < -0.3 is 13.9 Å². The molecule has 0 saturated carbocycles. The van der Waals surface area contributed by atoms with Gasteiger partial charge in [-0.3, -0.25) is 4.68 Å². The highest BCUT2D eigenvalue weighted by atomic mass is 79.9. The first kappa shape index (κ1) is 21.1.